The molecule has 0 radical (unpaired) electrons. The number of rotatable bonds is 7. The van der Waals surface area contributed by atoms with E-state index in [1.165, 1.54) is 4.90 Å². The minimum atomic E-state index is -4.32. The van der Waals surface area contributed by atoms with Gasteiger partial charge in [-0.05, 0) is 51.2 Å². The lowest BCUT2D eigenvalue weighted by atomic mass is 9.98. The third-order valence-corrected chi connectivity index (χ3v) is 10.0. The first-order valence-electron chi connectivity index (χ1n) is 13.8. The topological polar surface area (TPSA) is 122 Å². The van der Waals surface area contributed by atoms with E-state index in [-0.39, 0.29) is 24.8 Å². The van der Waals surface area contributed by atoms with Crippen molar-refractivity contribution in [3.63, 3.8) is 0 Å². The van der Waals surface area contributed by atoms with Crippen LogP contribution in [0.25, 0.3) is 0 Å². The van der Waals surface area contributed by atoms with E-state index in [4.69, 9.17) is 0 Å². The second-order valence-corrected chi connectivity index (χ2v) is 13.5. The molecule has 2 aromatic carbocycles. The van der Waals surface area contributed by atoms with Gasteiger partial charge in [-0.25, -0.2) is 22.0 Å². The van der Waals surface area contributed by atoms with Crippen molar-refractivity contribution in [3.8, 4) is 0 Å². The van der Waals surface area contributed by atoms with Gasteiger partial charge in [0.05, 0.1) is 28.2 Å². The Bertz CT molecular complexity index is 1660. The summed E-state index contributed by atoms with van der Waals surface area (Å²) in [5.74, 6) is -2.32. The molecule has 1 saturated heterocycles. The van der Waals surface area contributed by atoms with Crippen LogP contribution in [0.4, 0.5) is 25.0 Å². The number of aromatic amines is 1. The molecule has 2 aliphatic rings. The van der Waals surface area contributed by atoms with Gasteiger partial charge < -0.3 is 20.0 Å². The number of carbonyl (C=O) groups excluding carboxylic acids is 2. The van der Waals surface area contributed by atoms with Crippen molar-refractivity contribution in [2.75, 3.05) is 57.5 Å². The smallest absolute Gasteiger partial charge is 0.321 e. The second kappa shape index (κ2) is 11.3. The number of hydrogen-bond donors (Lipinski definition) is 2. The fourth-order valence-corrected chi connectivity index (χ4v) is 7.26. The van der Waals surface area contributed by atoms with Crippen LogP contribution in [0.15, 0.2) is 41.3 Å². The van der Waals surface area contributed by atoms with Crippen molar-refractivity contribution >= 4 is 33.2 Å². The molecule has 2 amide bonds. The zero-order valence-electron chi connectivity index (χ0n) is 24.7. The molecule has 1 aromatic heterocycles. The average molecular weight is 616 g/mol. The van der Waals surface area contributed by atoms with Crippen LogP contribution in [0.3, 0.4) is 0 Å². The molecule has 3 heterocycles. The molecular formula is C29H35F2N7O4S. The van der Waals surface area contributed by atoms with Gasteiger partial charge in [-0.1, -0.05) is 0 Å². The number of carbonyl (C=O) groups is 2. The Balaban J connectivity index is 1.43. The van der Waals surface area contributed by atoms with Crippen LogP contribution in [0.5, 0.6) is 0 Å². The van der Waals surface area contributed by atoms with Crippen molar-refractivity contribution in [1.82, 2.24) is 24.3 Å². The Kier molecular flexibility index (Phi) is 8.05. The van der Waals surface area contributed by atoms with Gasteiger partial charge >= 0.3 is 6.03 Å². The van der Waals surface area contributed by atoms with Crippen molar-refractivity contribution in [1.29, 1.82) is 0 Å². The molecule has 2 N–H and O–H groups in total. The van der Waals surface area contributed by atoms with E-state index in [1.54, 1.807) is 40.1 Å². The number of piperazine rings is 1. The molecular weight excluding hydrogens is 580 g/mol. The minimum absolute atomic E-state index is 0.139. The maximum absolute atomic E-state index is 13.9. The first kappa shape index (κ1) is 30.6. The molecule has 3 aromatic rings. The Morgan fingerprint density at radius 2 is 1.70 bits per heavy atom. The van der Waals surface area contributed by atoms with Gasteiger partial charge in [-0.15, -0.1) is 0 Å². The van der Waals surface area contributed by atoms with Gasteiger partial charge in [-0.3, -0.25) is 9.89 Å². The fraction of sp³-hybridized carbons (Fsp3) is 0.414. The van der Waals surface area contributed by atoms with Crippen LogP contribution >= 0.6 is 0 Å². The van der Waals surface area contributed by atoms with E-state index in [1.807, 2.05) is 6.07 Å². The highest BCUT2D eigenvalue weighted by Gasteiger charge is 2.48. The number of benzene rings is 2. The molecule has 11 nitrogen and oxygen atoms in total. The number of anilines is 2. The first-order chi connectivity index (χ1) is 20.2. The van der Waals surface area contributed by atoms with E-state index in [9.17, 15) is 26.8 Å². The molecule has 0 atom stereocenters. The Hall–Kier alpha value is -3.88. The maximum atomic E-state index is 13.9. The molecule has 0 aliphatic carbocycles. The number of amides is 2. The van der Waals surface area contributed by atoms with E-state index in [0.717, 1.165) is 48.3 Å². The van der Waals surface area contributed by atoms with E-state index in [0.29, 0.717) is 34.3 Å². The number of nitrogens with zero attached hydrogens (tertiary/aromatic N) is 5. The van der Waals surface area contributed by atoms with Crippen LogP contribution < -0.4 is 10.2 Å². The van der Waals surface area contributed by atoms with Crippen molar-refractivity contribution in [2.45, 2.75) is 37.2 Å². The number of halogens is 2. The third-order valence-electron chi connectivity index (χ3n) is 8.04. The molecule has 1 fully saturated rings. The van der Waals surface area contributed by atoms with Gasteiger partial charge in [0.15, 0.2) is 5.78 Å². The van der Waals surface area contributed by atoms with E-state index >= 15 is 0 Å². The number of fused-ring (bicyclic) bond motifs is 1. The van der Waals surface area contributed by atoms with Gasteiger partial charge in [0, 0.05) is 75.4 Å². The lowest BCUT2D eigenvalue weighted by Crippen LogP contribution is -2.44. The predicted molar refractivity (Wildman–Crippen MR) is 158 cm³/mol. The maximum Gasteiger partial charge on any atom is 0.321 e. The molecule has 2 aliphatic heterocycles. The van der Waals surface area contributed by atoms with Crippen molar-refractivity contribution in [3.05, 3.63) is 70.5 Å². The van der Waals surface area contributed by atoms with E-state index in [2.05, 4.69) is 32.4 Å². The van der Waals surface area contributed by atoms with Crippen LogP contribution in [0.1, 0.15) is 41.2 Å². The predicted octanol–water partition coefficient (Wildman–Crippen LogP) is 3.40. The fourth-order valence-electron chi connectivity index (χ4n) is 5.50. The molecule has 14 heteroatoms. The van der Waals surface area contributed by atoms with Gasteiger partial charge in [-0.2, -0.15) is 9.40 Å². The number of Topliss-reactive ketones (excluding diaryl/α,β-unsaturated/α-hetero) is 1. The van der Waals surface area contributed by atoms with Gasteiger partial charge in [0.25, 0.3) is 0 Å². The number of nitrogens with one attached hydrogen (secondary N) is 2. The zero-order chi connectivity index (χ0) is 31.3. The highest BCUT2D eigenvalue weighted by atomic mass is 32.2. The molecule has 0 unspecified atom stereocenters. The Morgan fingerprint density at radius 3 is 2.33 bits per heavy atom. The number of hydrogen-bond acceptors (Lipinski definition) is 7. The highest BCUT2D eigenvalue weighted by Crippen LogP contribution is 2.43. The number of H-pyrrole nitrogens is 1. The van der Waals surface area contributed by atoms with E-state index < -0.39 is 32.1 Å². The Labute approximate surface area is 249 Å². The largest absolute Gasteiger partial charge is 0.369 e. The number of likely N-dealkylation sites (N-methyl/N-ethyl adjacent to an activating group) is 1. The summed E-state index contributed by atoms with van der Waals surface area (Å²) < 4.78 is 55.9. The first-order valence-corrected chi connectivity index (χ1v) is 15.3. The quantitative estimate of drug-likeness (QED) is 0.391. The van der Waals surface area contributed by atoms with Crippen LogP contribution in [0.2, 0.25) is 0 Å². The molecule has 230 valence electrons. The number of ketones is 1. The summed E-state index contributed by atoms with van der Waals surface area (Å²) in [4.78, 5) is 31.6. The third kappa shape index (κ3) is 5.86. The zero-order valence-corrected chi connectivity index (χ0v) is 25.6. The normalized spacial score (nSPS) is 17.1. The number of aromatic nitrogens is 2. The molecule has 0 saturated carbocycles. The van der Waals surface area contributed by atoms with Crippen molar-refractivity contribution < 1.29 is 26.8 Å². The molecule has 0 bridgehead atoms. The number of urea groups is 1. The summed E-state index contributed by atoms with van der Waals surface area (Å²) >= 11 is 0. The summed E-state index contributed by atoms with van der Waals surface area (Å²) in [5, 5.41) is 10.1. The van der Waals surface area contributed by atoms with Gasteiger partial charge in [0.2, 0.25) is 10.0 Å². The van der Waals surface area contributed by atoms with Crippen molar-refractivity contribution in [2.24, 2.45) is 0 Å². The monoisotopic (exact) mass is 615 g/mol. The lowest BCUT2D eigenvalue weighted by Gasteiger charge is -2.34. The number of sulfonamides is 1. The summed E-state index contributed by atoms with van der Waals surface area (Å²) in [6.07, 6.45) is -0.139. The Morgan fingerprint density at radius 1 is 1.05 bits per heavy atom. The summed E-state index contributed by atoms with van der Waals surface area (Å²) in [6.45, 7) is 6.54. The van der Waals surface area contributed by atoms with Crippen LogP contribution in [-0.4, -0.2) is 91.9 Å². The minimum Gasteiger partial charge on any atom is -0.369 e. The second-order valence-electron chi connectivity index (χ2n) is 11.6. The van der Waals surface area contributed by atoms with Crippen LogP contribution in [-0.2, 0) is 28.5 Å². The SMILES string of the molecule is CN1CCN(c2ccc(C(=O)Cc3[nH]nc4c3CN(S(=O)(=O)c3cc(F)cc(F)c3)C4(C)C)c(NC(=O)N(C)C)c2)CC1. The summed E-state index contributed by atoms with van der Waals surface area (Å²) in [7, 11) is 0.954. The lowest BCUT2D eigenvalue weighted by molar-refractivity contribution is 0.0992. The van der Waals surface area contributed by atoms with Gasteiger partial charge in [0.1, 0.15) is 11.6 Å². The standard InChI is InChI=1S/C29H35F2N7O4S/c1-29(2)27-23(17-38(29)43(41,42)21-13-18(30)12-19(31)14-21)25(33-34-27)16-26(39)22-7-6-20(37-10-8-36(5)9-11-37)15-24(22)32-28(40)35(3)4/h6-7,12-15H,8-11,16-17H2,1-5H3,(H,32,40)(H,33,34). The average Bonchev–Trinajstić information content (AvgIpc) is 3.46. The molecule has 5 rings (SSSR count). The van der Waals surface area contributed by atoms with Crippen LogP contribution in [0, 0.1) is 11.6 Å². The summed E-state index contributed by atoms with van der Waals surface area (Å²) in [5.41, 5.74) is 1.75. The highest BCUT2D eigenvalue weighted by molar-refractivity contribution is 7.89. The summed E-state index contributed by atoms with van der Waals surface area (Å²) in [6, 6.07) is 7.12. The molecule has 43 heavy (non-hydrogen) atoms. The molecule has 0 spiro atoms.